The molecule has 0 unspecified atom stereocenters. The zero-order valence-electron chi connectivity index (χ0n) is 33.6. The van der Waals surface area contributed by atoms with E-state index in [-0.39, 0.29) is 0 Å². The van der Waals surface area contributed by atoms with Crippen molar-refractivity contribution < 1.29 is 4.89 Å². The van der Waals surface area contributed by atoms with E-state index in [0.717, 1.165) is 66.9 Å². The molecule has 0 amide bonds. The molecule has 296 valence electrons. The Bertz CT molecular complexity index is 3110. The van der Waals surface area contributed by atoms with Crippen LogP contribution in [0.5, 0.6) is 0 Å². The van der Waals surface area contributed by atoms with E-state index in [9.17, 15) is 4.89 Å². The second-order valence-electron chi connectivity index (χ2n) is 15.5. The first-order chi connectivity index (χ1) is 30.7. The summed E-state index contributed by atoms with van der Waals surface area (Å²) >= 11 is 0. The smallest absolute Gasteiger partial charge is 0.309 e. The molecule has 2 aliphatic heterocycles. The molecule has 12 rings (SSSR count). The van der Waals surface area contributed by atoms with Gasteiger partial charge in [0.1, 0.15) is 19.6 Å². The van der Waals surface area contributed by atoms with Crippen LogP contribution in [-0.2, 0) is 0 Å². The van der Waals surface area contributed by atoms with Gasteiger partial charge in [-0.15, -0.1) is 0 Å². The summed E-state index contributed by atoms with van der Waals surface area (Å²) in [5.41, 5.74) is 11.7. The first kappa shape index (κ1) is 36.6. The maximum atomic E-state index is 14.0. The second-order valence-corrected chi connectivity index (χ2v) is 19.8. The van der Waals surface area contributed by atoms with Crippen LogP contribution in [0.4, 0.5) is 45.5 Å². The molecule has 0 radical (unpaired) electrons. The molecule has 0 fully saturated rings. The Balaban J connectivity index is 1.12. The molecule has 10 aromatic rings. The number of rotatable bonds is 7. The molecule has 0 saturated heterocycles. The number of fused-ring (bicyclic) bond motifs is 5. The minimum absolute atomic E-state index is 0.863. The molecule has 3 heterocycles. The molecule has 0 saturated carbocycles. The Morgan fingerprint density at radius 2 is 0.710 bits per heavy atom. The van der Waals surface area contributed by atoms with Gasteiger partial charge in [0, 0.05) is 33.1 Å². The zero-order valence-corrected chi connectivity index (χ0v) is 35.4. The van der Waals surface area contributed by atoms with Crippen molar-refractivity contribution in [2.45, 2.75) is 0 Å². The molecule has 6 nitrogen and oxygen atoms in total. The van der Waals surface area contributed by atoms with Gasteiger partial charge in [-0.05, 0) is 121 Å². The minimum atomic E-state index is -3.39. The fraction of sp³-hybridized carbons (Fsp3) is 0. The van der Waals surface area contributed by atoms with Gasteiger partial charge >= 0.3 is 7.79 Å². The number of benzene rings is 9. The van der Waals surface area contributed by atoms with E-state index in [4.69, 9.17) is 0 Å². The number of hydrogen-bond acceptors (Lipinski definition) is 5. The summed E-state index contributed by atoms with van der Waals surface area (Å²) in [5, 5.41) is 4.29. The molecular weight excluding hydrogens is 797 g/mol. The van der Waals surface area contributed by atoms with Gasteiger partial charge in [-0.3, -0.25) is 9.34 Å². The van der Waals surface area contributed by atoms with Crippen molar-refractivity contribution in [1.82, 2.24) is 4.57 Å². The third-order valence-corrected chi connectivity index (χ3v) is 17.3. The monoisotopic (exact) mass is 836 g/mol. The summed E-state index contributed by atoms with van der Waals surface area (Å²) in [4.78, 5) is 14.0. The van der Waals surface area contributed by atoms with Gasteiger partial charge in [0.05, 0.1) is 33.8 Å². The highest BCUT2D eigenvalue weighted by Gasteiger charge is 2.61. The molecule has 0 atom stereocenters. The van der Waals surface area contributed by atoms with E-state index >= 15 is 0 Å². The minimum Gasteiger partial charge on any atom is -0.309 e. The number of para-hydroxylation sites is 9. The molecule has 0 spiro atoms. The van der Waals surface area contributed by atoms with E-state index in [1.807, 2.05) is 36.4 Å². The van der Waals surface area contributed by atoms with Gasteiger partial charge in [0.2, 0.25) is 0 Å². The highest BCUT2D eigenvalue weighted by atomic mass is 31.2. The van der Waals surface area contributed by atoms with E-state index in [0.29, 0.717) is 0 Å². The predicted octanol–water partition coefficient (Wildman–Crippen LogP) is 14.1. The Labute approximate surface area is 362 Å². The lowest BCUT2D eigenvalue weighted by Gasteiger charge is -2.33. The van der Waals surface area contributed by atoms with Gasteiger partial charge in [-0.2, -0.15) is 14.2 Å². The molecule has 1 N–H and O–H groups in total. The lowest BCUT2D eigenvalue weighted by Crippen LogP contribution is -2.32. The normalized spacial score (nSPS) is 14.5. The van der Waals surface area contributed by atoms with Crippen LogP contribution < -0.4 is 29.3 Å². The topological polar surface area (TPSA) is 38.1 Å². The highest BCUT2D eigenvalue weighted by molar-refractivity contribution is 7.82. The average molecular weight is 837 g/mol. The van der Waals surface area contributed by atoms with Crippen molar-refractivity contribution in [3.05, 3.63) is 237 Å². The van der Waals surface area contributed by atoms with Crippen LogP contribution in [0.15, 0.2) is 237 Å². The third-order valence-electron chi connectivity index (χ3n) is 11.9. The van der Waals surface area contributed by atoms with Crippen LogP contribution in [0.25, 0.3) is 27.5 Å². The van der Waals surface area contributed by atoms with Gasteiger partial charge in [0.15, 0.2) is 5.30 Å². The first-order valence-corrected chi connectivity index (χ1v) is 23.7. The Hall–Kier alpha value is -7.20. The van der Waals surface area contributed by atoms with Crippen molar-refractivity contribution in [2.24, 2.45) is 0 Å². The molecule has 9 aromatic carbocycles. The Morgan fingerprint density at radius 3 is 1.18 bits per heavy atom. The molecule has 2 aliphatic rings. The Kier molecular flexibility index (Phi) is 8.72. The second kappa shape index (κ2) is 14.8. The van der Waals surface area contributed by atoms with Crippen LogP contribution in [0.3, 0.4) is 0 Å². The summed E-state index contributed by atoms with van der Waals surface area (Å²) in [6.07, 6.45) is 0. The molecule has 1 aromatic heterocycles. The fourth-order valence-corrected chi connectivity index (χ4v) is 14.9. The first-order valence-electron chi connectivity index (χ1n) is 20.8. The summed E-state index contributed by atoms with van der Waals surface area (Å²) in [6.45, 7) is 0. The van der Waals surface area contributed by atoms with E-state index in [1.54, 1.807) is 0 Å². The van der Waals surface area contributed by atoms with Crippen molar-refractivity contribution in [3.8, 4) is 5.69 Å². The number of nitrogens with zero attached hydrogens (tertiary/aromatic N) is 5. The van der Waals surface area contributed by atoms with Crippen LogP contribution in [0, 0.1) is 0 Å². The summed E-state index contributed by atoms with van der Waals surface area (Å²) in [7, 11) is -4.55. The van der Waals surface area contributed by atoms with Gasteiger partial charge in [-0.1, -0.05) is 115 Å². The van der Waals surface area contributed by atoms with Crippen molar-refractivity contribution in [3.63, 3.8) is 0 Å². The molecule has 62 heavy (non-hydrogen) atoms. The number of anilines is 8. The van der Waals surface area contributed by atoms with Crippen LogP contribution in [0.1, 0.15) is 0 Å². The van der Waals surface area contributed by atoms with Crippen LogP contribution in [-0.4, -0.2) is 9.46 Å². The largest absolute Gasteiger partial charge is 0.376 e. The third kappa shape index (κ3) is 5.62. The van der Waals surface area contributed by atoms with E-state index in [2.05, 4.69) is 223 Å². The van der Waals surface area contributed by atoms with Crippen molar-refractivity contribution in [2.75, 3.05) is 18.7 Å². The highest BCUT2D eigenvalue weighted by Crippen LogP contribution is 2.75. The molecule has 0 aliphatic carbocycles. The standard InChI is InChI=1S/C54H40N5OP2/c60-62(58(43-26-12-4-13-27-43)53-32-18-19-33-54(53)59(62)44-28-14-5-15-29-44)46-35-37-50-48(39-46)47-38-45(34-36-49(47)55(50)40-20-6-1-7-21-40)61-56(41-22-8-2-9-23-41)51-30-16-17-31-52(51)57(61)42-24-10-3-11-25-42/h1-39,60H/q+1. The molecular formula is C54H40N5OP2+. The maximum Gasteiger partial charge on any atom is 0.376 e. The fourth-order valence-electron chi connectivity index (χ4n) is 9.33. The lowest BCUT2D eigenvalue weighted by atomic mass is 10.1. The molecule has 8 heteroatoms. The van der Waals surface area contributed by atoms with Crippen LogP contribution >= 0.6 is 16.0 Å². The summed E-state index contributed by atoms with van der Waals surface area (Å²) in [5.74, 6) is 0. The summed E-state index contributed by atoms with van der Waals surface area (Å²) < 4.78 is 11.8. The maximum absolute atomic E-state index is 14.0. The van der Waals surface area contributed by atoms with Gasteiger partial charge in [0.25, 0.3) is 0 Å². The molecule has 0 bridgehead atoms. The quantitative estimate of drug-likeness (QED) is 0.162. The van der Waals surface area contributed by atoms with E-state index in [1.165, 1.54) is 16.7 Å². The zero-order chi connectivity index (χ0) is 41.2. The van der Waals surface area contributed by atoms with E-state index < -0.39 is 16.0 Å². The number of hydrogen-bond donors (Lipinski definition) is 1. The van der Waals surface area contributed by atoms with Gasteiger partial charge < -0.3 is 4.57 Å². The SMILES string of the molecule is O[P+]1(c2ccc3c(c2)c2cc(P4N(c5ccccc5)c5ccccc5N4c4ccccc4)ccc2n3-c2ccccc2)N(c2ccccc2)c2ccccc2N1c1ccccc1. The average Bonchev–Trinajstić information content (AvgIpc) is 3.96. The lowest BCUT2D eigenvalue weighted by molar-refractivity contribution is 0.613. The summed E-state index contributed by atoms with van der Waals surface area (Å²) in [6, 6.07) is 83.6. The van der Waals surface area contributed by atoms with Gasteiger partial charge in [-0.25, -0.2) is 0 Å². The van der Waals surface area contributed by atoms with Crippen LogP contribution in [0.2, 0.25) is 0 Å². The number of aromatic nitrogens is 1. The Morgan fingerprint density at radius 1 is 0.339 bits per heavy atom. The van der Waals surface area contributed by atoms with Crippen molar-refractivity contribution in [1.29, 1.82) is 0 Å². The predicted molar refractivity (Wildman–Crippen MR) is 263 cm³/mol. The van der Waals surface area contributed by atoms with Crippen molar-refractivity contribution >= 4 is 93.9 Å².